The molecule has 1 rings (SSSR count). The molecule has 6 nitrogen and oxygen atoms in total. The van der Waals surface area contributed by atoms with E-state index in [1.807, 2.05) is 0 Å². The maximum Gasteiger partial charge on any atom is 0.339 e. The molecule has 1 N–H and O–H groups in total. The van der Waals surface area contributed by atoms with E-state index in [-0.39, 0.29) is 23.4 Å². The molecule has 84 valence electrons. The van der Waals surface area contributed by atoms with Crippen molar-refractivity contribution in [3.05, 3.63) is 22.9 Å². The lowest BCUT2D eigenvalue weighted by molar-refractivity contribution is 0.0594. The molecule has 0 amide bonds. The zero-order chi connectivity index (χ0) is 12.1. The Morgan fingerprint density at radius 3 is 2.81 bits per heavy atom. The fraction of sp³-hybridized carbons (Fsp3) is 0.300. The normalized spacial score (nSPS) is 9.56. The van der Waals surface area contributed by atoms with Crippen LogP contribution in [0.5, 0.6) is 5.88 Å². The summed E-state index contributed by atoms with van der Waals surface area (Å²) in [4.78, 5) is 15.1. The quantitative estimate of drug-likeness (QED) is 0.752. The minimum absolute atomic E-state index is 0.0453. The van der Waals surface area contributed by atoms with E-state index in [1.54, 1.807) is 6.07 Å². The molecule has 0 aliphatic rings. The second-order valence-electron chi connectivity index (χ2n) is 2.89. The minimum atomic E-state index is -0.629. The molecule has 0 atom stereocenters. The van der Waals surface area contributed by atoms with E-state index < -0.39 is 11.8 Å². The highest BCUT2D eigenvalue weighted by atomic mass is 16.5. The van der Waals surface area contributed by atoms with Crippen LogP contribution in [0.4, 0.5) is 0 Å². The molecule has 0 radical (unpaired) electrons. The molecular formula is C10H10N2O4. The van der Waals surface area contributed by atoms with Crippen molar-refractivity contribution in [2.24, 2.45) is 0 Å². The van der Waals surface area contributed by atoms with Crippen molar-refractivity contribution in [1.82, 2.24) is 4.98 Å². The van der Waals surface area contributed by atoms with Crippen molar-refractivity contribution in [2.45, 2.75) is 6.61 Å². The fourth-order valence-electron chi connectivity index (χ4n) is 1.16. The first-order chi connectivity index (χ1) is 7.63. The van der Waals surface area contributed by atoms with Gasteiger partial charge >= 0.3 is 5.97 Å². The third-order valence-corrected chi connectivity index (χ3v) is 1.89. The minimum Gasteiger partial charge on any atom is -0.492 e. The van der Waals surface area contributed by atoms with Gasteiger partial charge in [-0.25, -0.2) is 9.78 Å². The van der Waals surface area contributed by atoms with Crippen LogP contribution in [-0.4, -0.2) is 30.3 Å². The lowest BCUT2D eigenvalue weighted by Crippen LogP contribution is -2.09. The van der Waals surface area contributed by atoms with E-state index in [4.69, 9.17) is 10.00 Å². The van der Waals surface area contributed by atoms with Gasteiger partial charge in [-0.2, -0.15) is 5.26 Å². The van der Waals surface area contributed by atoms with Crippen LogP contribution in [0.1, 0.15) is 21.6 Å². The van der Waals surface area contributed by atoms with E-state index in [0.29, 0.717) is 0 Å². The van der Waals surface area contributed by atoms with Crippen molar-refractivity contribution in [3.8, 4) is 11.9 Å². The van der Waals surface area contributed by atoms with Gasteiger partial charge in [0.1, 0.15) is 11.6 Å². The summed E-state index contributed by atoms with van der Waals surface area (Å²) in [5.41, 5.74) is 0.254. The molecule has 1 aromatic rings. The molecule has 1 aromatic heterocycles. The zero-order valence-electron chi connectivity index (χ0n) is 8.85. The first-order valence-electron chi connectivity index (χ1n) is 4.34. The first-order valence-corrected chi connectivity index (χ1v) is 4.34. The van der Waals surface area contributed by atoms with Crippen molar-refractivity contribution >= 4 is 5.97 Å². The maximum atomic E-state index is 11.4. The van der Waals surface area contributed by atoms with E-state index in [9.17, 15) is 9.90 Å². The fourth-order valence-corrected chi connectivity index (χ4v) is 1.16. The van der Waals surface area contributed by atoms with Gasteiger partial charge in [0.05, 0.1) is 25.0 Å². The second kappa shape index (κ2) is 5.09. The van der Waals surface area contributed by atoms with Gasteiger partial charge in [-0.15, -0.1) is 0 Å². The first kappa shape index (κ1) is 11.9. The molecule has 0 bridgehead atoms. The average molecular weight is 222 g/mol. The third-order valence-electron chi connectivity index (χ3n) is 1.89. The van der Waals surface area contributed by atoms with Gasteiger partial charge < -0.3 is 14.6 Å². The van der Waals surface area contributed by atoms with Crippen LogP contribution in [-0.2, 0) is 16.1 Å². The molecule has 0 fully saturated rings. The summed E-state index contributed by atoms with van der Waals surface area (Å²) >= 11 is 0. The lowest BCUT2D eigenvalue weighted by Gasteiger charge is -2.07. The highest BCUT2D eigenvalue weighted by molar-refractivity contribution is 5.91. The molecule has 1 heterocycles. The largest absolute Gasteiger partial charge is 0.492 e. The standard InChI is InChI=1S/C10H10N2O4/c1-15-5-8-7(10(14)16-2)3-6(4-11)9(13)12-8/h3H,5H2,1-2H3,(H,12,13). The number of aromatic hydroxyl groups is 1. The SMILES string of the molecule is COCc1nc(O)c(C#N)cc1C(=O)OC. The van der Waals surface area contributed by atoms with Crippen molar-refractivity contribution in [2.75, 3.05) is 14.2 Å². The summed E-state index contributed by atoms with van der Waals surface area (Å²) in [6, 6.07) is 2.95. The topological polar surface area (TPSA) is 92.4 Å². The number of methoxy groups -OCH3 is 2. The van der Waals surface area contributed by atoms with Crippen LogP contribution in [0, 0.1) is 11.3 Å². The number of esters is 1. The number of carbonyl (C=O) groups excluding carboxylic acids is 1. The number of rotatable bonds is 3. The number of carbonyl (C=O) groups is 1. The molecule has 0 unspecified atom stereocenters. The average Bonchev–Trinajstić information content (AvgIpc) is 2.29. The molecule has 0 saturated carbocycles. The number of aromatic nitrogens is 1. The summed E-state index contributed by atoms with van der Waals surface area (Å²) in [5.74, 6) is -1.06. The summed E-state index contributed by atoms with van der Waals surface area (Å²) in [6.45, 7) is 0.0453. The molecule has 0 aromatic carbocycles. The highest BCUT2D eigenvalue weighted by Gasteiger charge is 2.17. The Morgan fingerprint density at radius 2 is 2.31 bits per heavy atom. The summed E-state index contributed by atoms with van der Waals surface area (Å²) in [7, 11) is 2.65. The number of nitrogens with zero attached hydrogens (tertiary/aromatic N) is 2. The van der Waals surface area contributed by atoms with Gasteiger partial charge in [0.2, 0.25) is 5.88 Å². The number of ether oxygens (including phenoxy) is 2. The predicted molar refractivity (Wildman–Crippen MR) is 52.7 cm³/mol. The van der Waals surface area contributed by atoms with Crippen molar-refractivity contribution in [1.29, 1.82) is 5.26 Å². The van der Waals surface area contributed by atoms with Crippen LogP contribution in [0.2, 0.25) is 0 Å². The van der Waals surface area contributed by atoms with Crippen molar-refractivity contribution in [3.63, 3.8) is 0 Å². The van der Waals surface area contributed by atoms with Gasteiger partial charge in [0.25, 0.3) is 0 Å². The number of pyridine rings is 1. The maximum absolute atomic E-state index is 11.4. The second-order valence-corrected chi connectivity index (χ2v) is 2.89. The molecule has 6 heteroatoms. The van der Waals surface area contributed by atoms with Gasteiger partial charge in [-0.05, 0) is 6.07 Å². The van der Waals surface area contributed by atoms with E-state index in [2.05, 4.69) is 9.72 Å². The Kier molecular flexibility index (Phi) is 3.80. The molecule has 0 saturated heterocycles. The van der Waals surface area contributed by atoms with Crippen LogP contribution in [0.15, 0.2) is 6.07 Å². The number of hydrogen-bond donors (Lipinski definition) is 1. The van der Waals surface area contributed by atoms with Crippen LogP contribution >= 0.6 is 0 Å². The lowest BCUT2D eigenvalue weighted by atomic mass is 10.1. The zero-order valence-corrected chi connectivity index (χ0v) is 8.85. The van der Waals surface area contributed by atoms with Crippen LogP contribution in [0.25, 0.3) is 0 Å². The Bertz CT molecular complexity index is 451. The van der Waals surface area contributed by atoms with Gasteiger partial charge in [0.15, 0.2) is 0 Å². The van der Waals surface area contributed by atoms with E-state index in [1.165, 1.54) is 20.3 Å². The molecular weight excluding hydrogens is 212 g/mol. The van der Waals surface area contributed by atoms with Gasteiger partial charge in [-0.3, -0.25) is 0 Å². The predicted octanol–water partition coefficient (Wildman–Crippen LogP) is 0.592. The Labute approximate surface area is 92.1 Å². The monoisotopic (exact) mass is 222 g/mol. The van der Waals surface area contributed by atoms with Crippen LogP contribution in [0.3, 0.4) is 0 Å². The smallest absolute Gasteiger partial charge is 0.339 e. The Hall–Kier alpha value is -2.13. The summed E-state index contributed by atoms with van der Waals surface area (Å²) in [6.07, 6.45) is 0. The summed E-state index contributed by atoms with van der Waals surface area (Å²) < 4.78 is 9.36. The highest BCUT2D eigenvalue weighted by Crippen LogP contribution is 2.19. The Morgan fingerprint density at radius 1 is 1.62 bits per heavy atom. The molecule has 0 aliphatic heterocycles. The van der Waals surface area contributed by atoms with E-state index >= 15 is 0 Å². The number of nitriles is 1. The summed E-state index contributed by atoms with van der Waals surface area (Å²) in [5, 5.41) is 18.0. The van der Waals surface area contributed by atoms with Gasteiger partial charge in [-0.1, -0.05) is 0 Å². The number of hydrogen-bond acceptors (Lipinski definition) is 6. The molecule has 16 heavy (non-hydrogen) atoms. The van der Waals surface area contributed by atoms with Crippen LogP contribution < -0.4 is 0 Å². The van der Waals surface area contributed by atoms with Gasteiger partial charge in [0, 0.05) is 7.11 Å². The molecule has 0 spiro atoms. The van der Waals surface area contributed by atoms with Crippen molar-refractivity contribution < 1.29 is 19.4 Å². The van der Waals surface area contributed by atoms with E-state index in [0.717, 1.165) is 0 Å². The molecule has 0 aliphatic carbocycles. The Balaban J connectivity index is 3.31. The third kappa shape index (κ3) is 2.27.